The number of aryl methyl sites for hydroxylation is 2. The van der Waals surface area contributed by atoms with E-state index < -0.39 is 8.32 Å². The third-order valence-electron chi connectivity index (χ3n) is 4.07. The van der Waals surface area contributed by atoms with Gasteiger partial charge in [-0.2, -0.15) is 0 Å². The Kier molecular flexibility index (Phi) is 5.43. The molecule has 0 fully saturated rings. The first-order valence-corrected chi connectivity index (χ1v) is 10.4. The van der Waals surface area contributed by atoms with E-state index in [0.717, 1.165) is 15.9 Å². The predicted octanol–water partition coefficient (Wildman–Crippen LogP) is 4.36. The van der Waals surface area contributed by atoms with Crippen LogP contribution in [0.4, 0.5) is 0 Å². The molecule has 0 aliphatic carbocycles. The molecule has 0 aromatic heterocycles. The van der Waals surface area contributed by atoms with Crippen LogP contribution in [-0.2, 0) is 20.6 Å². The molecule has 0 atom stereocenters. The molecule has 0 aliphatic rings. The zero-order valence-electron chi connectivity index (χ0n) is 13.9. The second-order valence-corrected chi connectivity index (χ2v) is 12.1. The van der Waals surface area contributed by atoms with Crippen LogP contribution < -0.4 is 4.43 Å². The Balaban J connectivity index is 3.16. The molecule has 20 heavy (non-hydrogen) atoms. The second kappa shape index (κ2) is 6.15. The summed E-state index contributed by atoms with van der Waals surface area (Å²) < 4.78 is 12.5. The fourth-order valence-corrected chi connectivity index (χ4v) is 3.37. The van der Waals surface area contributed by atoms with Gasteiger partial charge in [0, 0.05) is 0 Å². The summed E-state index contributed by atoms with van der Waals surface area (Å²) in [7, 11) is -0.105. The normalized spacial score (nSPS) is 12.4. The minimum atomic E-state index is -1.79. The standard InChI is InChI=1S/C16H26O2Si.Cr/c1-12-9-14(10-13(2)15(12)11-17-6)18-19(7,8)16(3,4)5;/h9-10H,1-8H3;. The molecule has 1 rings (SSSR count). The molecule has 1 aromatic rings. The summed E-state index contributed by atoms with van der Waals surface area (Å²) in [5.41, 5.74) is 3.48. The monoisotopic (exact) mass is 330 g/mol. The number of hydrogen-bond donors (Lipinski definition) is 0. The van der Waals surface area contributed by atoms with Crippen LogP contribution in [-0.4, -0.2) is 20.0 Å². The molecule has 4 heteroatoms. The van der Waals surface area contributed by atoms with Crippen LogP contribution in [0.15, 0.2) is 12.1 Å². The zero-order chi connectivity index (χ0) is 15.7. The third-order valence-corrected chi connectivity index (χ3v) is 9.01. The molecule has 2 nitrogen and oxygen atoms in total. The summed E-state index contributed by atoms with van der Waals surface area (Å²) in [6.45, 7) is 15.5. The average Bonchev–Trinajstić information content (AvgIpc) is 2.25. The minimum absolute atomic E-state index is 0.204. The molecule has 0 bridgehead atoms. The molecule has 0 radical (unpaired) electrons. The summed E-state index contributed by atoms with van der Waals surface area (Å²) in [5, 5.41) is 0.204. The van der Waals surface area contributed by atoms with Crippen molar-refractivity contribution in [2.24, 2.45) is 0 Å². The summed E-state index contributed by atoms with van der Waals surface area (Å²) in [6, 6.07) is 4.22. The van der Waals surface area contributed by atoms with Gasteiger partial charge in [-0.05, 0) is 0 Å². The van der Waals surface area contributed by atoms with E-state index in [0.29, 0.717) is 0 Å². The van der Waals surface area contributed by atoms with Crippen molar-refractivity contribution in [3.05, 3.63) is 28.8 Å². The fourth-order valence-electron chi connectivity index (χ4n) is 1.85. The van der Waals surface area contributed by atoms with E-state index in [-0.39, 0.29) is 5.04 Å². The van der Waals surface area contributed by atoms with Gasteiger partial charge in [0.05, 0.1) is 0 Å². The second-order valence-electron chi connectivity index (χ2n) is 6.79. The van der Waals surface area contributed by atoms with E-state index >= 15 is 0 Å². The van der Waals surface area contributed by atoms with Gasteiger partial charge in [0.15, 0.2) is 0 Å². The fraction of sp³-hybridized carbons (Fsp3) is 0.562. The molecular formula is C16H26CrO2Si. The van der Waals surface area contributed by atoms with Crippen molar-refractivity contribution >= 4 is 12.9 Å². The van der Waals surface area contributed by atoms with Crippen LogP contribution in [0, 0.1) is 13.8 Å². The van der Waals surface area contributed by atoms with Crippen molar-refractivity contribution in [3.8, 4) is 5.75 Å². The van der Waals surface area contributed by atoms with E-state index in [2.05, 4.69) is 75.7 Å². The maximum atomic E-state index is 6.37. The van der Waals surface area contributed by atoms with Crippen molar-refractivity contribution in [3.63, 3.8) is 0 Å². The number of benzene rings is 1. The topological polar surface area (TPSA) is 18.5 Å². The van der Waals surface area contributed by atoms with Gasteiger partial charge < -0.3 is 0 Å². The van der Waals surface area contributed by atoms with Crippen molar-refractivity contribution < 1.29 is 25.0 Å². The van der Waals surface area contributed by atoms with Crippen LogP contribution in [0.3, 0.4) is 0 Å². The average molecular weight is 330 g/mol. The summed E-state index contributed by atoms with van der Waals surface area (Å²) in [4.78, 5) is 0. The van der Waals surface area contributed by atoms with Gasteiger partial charge in [-0.3, -0.25) is 0 Å². The molecule has 0 aliphatic heterocycles. The maximum absolute atomic E-state index is 6.37. The summed E-state index contributed by atoms with van der Waals surface area (Å²) in [5.74, 6) is 0.972. The molecule has 0 amide bonds. The Morgan fingerprint density at radius 2 is 1.55 bits per heavy atom. The Labute approximate surface area is 132 Å². The van der Waals surface area contributed by atoms with E-state index in [1.54, 1.807) is 7.11 Å². The number of rotatable bonds is 4. The molecule has 0 heterocycles. The predicted molar refractivity (Wildman–Crippen MR) is 84.9 cm³/mol. The van der Waals surface area contributed by atoms with Gasteiger partial charge in [0.1, 0.15) is 0 Å². The van der Waals surface area contributed by atoms with Crippen LogP contribution in [0.5, 0.6) is 5.75 Å². The van der Waals surface area contributed by atoms with Gasteiger partial charge in [0.25, 0.3) is 0 Å². The van der Waals surface area contributed by atoms with E-state index in [9.17, 15) is 0 Å². The van der Waals surface area contributed by atoms with Gasteiger partial charge >= 0.3 is 132 Å². The summed E-state index contributed by atoms with van der Waals surface area (Å²) >= 11 is 2.98. The van der Waals surface area contributed by atoms with Crippen LogP contribution >= 0.6 is 0 Å². The zero-order valence-corrected chi connectivity index (χ0v) is 16.2. The SMILES string of the molecule is CO[C](=[Cr])c1c(C)cc(O[Si](C)(C)C(C)(C)C)cc1C. The van der Waals surface area contributed by atoms with Gasteiger partial charge in [-0.1, -0.05) is 0 Å². The van der Waals surface area contributed by atoms with Crippen molar-refractivity contribution in [1.29, 1.82) is 0 Å². The van der Waals surface area contributed by atoms with E-state index in [1.165, 1.54) is 11.1 Å². The number of ether oxygens (including phenoxy) is 1. The molecule has 0 spiro atoms. The number of hydrogen-bond acceptors (Lipinski definition) is 2. The Bertz CT molecular complexity index is 493. The molecule has 0 saturated carbocycles. The third kappa shape index (κ3) is 3.83. The molecule has 112 valence electrons. The van der Waals surface area contributed by atoms with Gasteiger partial charge in [-0.15, -0.1) is 0 Å². The first kappa shape index (κ1) is 17.7. The molecule has 0 saturated heterocycles. The van der Waals surface area contributed by atoms with Gasteiger partial charge in [-0.25, -0.2) is 0 Å². The van der Waals surface area contributed by atoms with E-state index in [1.807, 2.05) is 0 Å². The van der Waals surface area contributed by atoms with Crippen LogP contribution in [0.2, 0.25) is 18.1 Å². The first-order valence-electron chi connectivity index (χ1n) is 6.88. The van der Waals surface area contributed by atoms with Crippen LogP contribution in [0.1, 0.15) is 37.5 Å². The first-order chi connectivity index (χ1) is 8.99. The van der Waals surface area contributed by atoms with Crippen molar-refractivity contribution in [1.82, 2.24) is 0 Å². The molecule has 1 aromatic carbocycles. The van der Waals surface area contributed by atoms with Crippen LogP contribution in [0.25, 0.3) is 0 Å². The Morgan fingerprint density at radius 1 is 1.10 bits per heavy atom. The van der Waals surface area contributed by atoms with Crippen molar-refractivity contribution in [2.75, 3.05) is 7.11 Å². The Morgan fingerprint density at radius 3 is 1.90 bits per heavy atom. The molecule has 0 unspecified atom stereocenters. The molecular weight excluding hydrogens is 304 g/mol. The summed E-state index contributed by atoms with van der Waals surface area (Å²) in [6.07, 6.45) is 0. The Hall–Kier alpha value is -0.401. The van der Waals surface area contributed by atoms with Gasteiger partial charge in [0.2, 0.25) is 0 Å². The van der Waals surface area contributed by atoms with E-state index in [4.69, 9.17) is 9.16 Å². The quantitative estimate of drug-likeness (QED) is 0.764. The number of methoxy groups -OCH3 is 1. The molecule has 0 N–H and O–H groups in total. The van der Waals surface area contributed by atoms with Crippen molar-refractivity contribution in [2.45, 2.75) is 52.8 Å².